The van der Waals surface area contributed by atoms with Crippen LogP contribution in [0, 0.1) is 13.8 Å². The van der Waals surface area contributed by atoms with Gasteiger partial charge in [-0.1, -0.05) is 18.2 Å². The fourth-order valence-corrected chi connectivity index (χ4v) is 3.20. The van der Waals surface area contributed by atoms with Gasteiger partial charge in [-0.15, -0.1) is 0 Å². The number of carboxylic acid groups (broad SMARTS) is 1. The van der Waals surface area contributed by atoms with E-state index in [0.717, 1.165) is 15.8 Å². The Morgan fingerprint density at radius 2 is 2.00 bits per heavy atom. The van der Waals surface area contributed by atoms with Crippen LogP contribution in [-0.2, 0) is 11.8 Å². The van der Waals surface area contributed by atoms with Gasteiger partial charge in [0.05, 0.1) is 13.5 Å². The molecule has 3 rings (SSSR count). The lowest BCUT2D eigenvalue weighted by molar-refractivity contribution is -0.686. The van der Waals surface area contributed by atoms with Gasteiger partial charge < -0.3 is 15.3 Å². The van der Waals surface area contributed by atoms with Gasteiger partial charge in [-0.3, -0.25) is 9.59 Å². The van der Waals surface area contributed by atoms with Gasteiger partial charge in [0, 0.05) is 24.9 Å². The molecule has 3 aromatic rings. The van der Waals surface area contributed by atoms with E-state index in [2.05, 4.69) is 4.98 Å². The maximum atomic E-state index is 12.6. The average Bonchev–Trinajstić information content (AvgIpc) is 2.76. The number of aromatic nitrogens is 3. The van der Waals surface area contributed by atoms with E-state index in [1.54, 1.807) is 30.7 Å². The Morgan fingerprint density at radius 3 is 2.60 bits per heavy atom. The molecule has 1 atom stereocenters. The smallest absolute Gasteiger partial charge is 0.304 e. The molecular weight excluding hydrogens is 322 g/mol. The molecule has 0 saturated heterocycles. The third kappa shape index (κ3) is 2.77. The summed E-state index contributed by atoms with van der Waals surface area (Å²) in [5, 5.41) is 20.6. The lowest BCUT2D eigenvalue weighted by Gasteiger charge is -2.12. The van der Waals surface area contributed by atoms with E-state index in [-0.39, 0.29) is 12.0 Å². The Labute approximate surface area is 143 Å². The molecule has 25 heavy (non-hydrogen) atoms. The summed E-state index contributed by atoms with van der Waals surface area (Å²) in [7, 11) is 1.74. The van der Waals surface area contributed by atoms with Gasteiger partial charge in [-0.2, -0.15) is 0 Å². The monoisotopic (exact) mass is 342 g/mol. The summed E-state index contributed by atoms with van der Waals surface area (Å²) in [5.74, 6) is -1.47. The maximum absolute atomic E-state index is 12.6. The largest absolute Gasteiger partial charge is 0.481 e. The number of para-hydroxylation sites is 1. The predicted molar refractivity (Wildman–Crippen MR) is 90.9 cm³/mol. The molecule has 0 spiro atoms. The van der Waals surface area contributed by atoms with Crippen LogP contribution in [0.1, 0.15) is 35.1 Å². The Kier molecular flexibility index (Phi) is 4.08. The fourth-order valence-electron chi connectivity index (χ4n) is 3.20. The van der Waals surface area contributed by atoms with Crippen LogP contribution < -0.4 is 10.1 Å². The first-order valence-corrected chi connectivity index (χ1v) is 7.92. The molecule has 0 radical (unpaired) electrons. The highest BCUT2D eigenvalue weighted by atomic mass is 16.5. The Morgan fingerprint density at radius 1 is 1.32 bits per heavy atom. The van der Waals surface area contributed by atoms with Crippen molar-refractivity contribution in [3.63, 3.8) is 0 Å². The van der Waals surface area contributed by atoms with Crippen LogP contribution >= 0.6 is 0 Å². The number of hydrogen-bond donors (Lipinski definition) is 3. The van der Waals surface area contributed by atoms with E-state index in [1.807, 2.05) is 25.1 Å². The van der Waals surface area contributed by atoms with Crippen molar-refractivity contribution in [3.05, 3.63) is 63.5 Å². The zero-order chi connectivity index (χ0) is 18.3. The summed E-state index contributed by atoms with van der Waals surface area (Å²) in [5.41, 5.74) is 2.03. The first-order valence-electron chi connectivity index (χ1n) is 7.92. The van der Waals surface area contributed by atoms with E-state index in [4.69, 9.17) is 0 Å². The fraction of sp³-hybridized carbons (Fsp3) is 0.278. The molecule has 3 N–H and O–H groups in total. The number of benzene rings is 1. The van der Waals surface area contributed by atoms with Crippen LogP contribution in [0.4, 0.5) is 0 Å². The molecule has 0 amide bonds. The van der Waals surface area contributed by atoms with Gasteiger partial charge in [0.15, 0.2) is 5.69 Å². The number of nitrogens with one attached hydrogen (secondary N) is 1. The summed E-state index contributed by atoms with van der Waals surface area (Å²) >= 11 is 0. The highest BCUT2D eigenvalue weighted by molar-refractivity contribution is 5.79. The van der Waals surface area contributed by atoms with Gasteiger partial charge in [0.25, 0.3) is 5.56 Å². The number of carbonyl (C=O) groups is 1. The van der Waals surface area contributed by atoms with Crippen LogP contribution in [0.3, 0.4) is 0 Å². The first-order chi connectivity index (χ1) is 11.8. The van der Waals surface area contributed by atoms with Crippen LogP contribution in [0.2, 0.25) is 0 Å². The van der Waals surface area contributed by atoms with Crippen LogP contribution in [0.15, 0.2) is 35.1 Å². The van der Waals surface area contributed by atoms with Crippen LogP contribution in [0.25, 0.3) is 10.9 Å². The van der Waals surface area contributed by atoms with Gasteiger partial charge in [0.1, 0.15) is 11.6 Å². The zero-order valence-corrected chi connectivity index (χ0v) is 14.3. The topological polar surface area (TPSA) is 99.2 Å². The molecule has 0 aliphatic rings. The quantitative estimate of drug-likeness (QED) is 0.495. The molecule has 0 fully saturated rings. The summed E-state index contributed by atoms with van der Waals surface area (Å²) in [6.07, 6.45) is -0.307. The number of carboxylic acids is 1. The number of hydrogen-bond acceptors (Lipinski definition) is 3. The zero-order valence-electron chi connectivity index (χ0n) is 14.3. The van der Waals surface area contributed by atoms with Crippen molar-refractivity contribution >= 4 is 16.9 Å². The van der Waals surface area contributed by atoms with E-state index in [1.165, 1.54) is 0 Å². The molecule has 0 bridgehead atoms. The van der Waals surface area contributed by atoms with Crippen LogP contribution in [0.5, 0.6) is 0 Å². The highest BCUT2D eigenvalue weighted by Gasteiger charge is 2.35. The van der Waals surface area contributed by atoms with E-state index in [9.17, 15) is 19.9 Å². The molecular formula is C18H20N3O4+. The SMILES string of the molecule is Cc1c(C)[n+](C)c(C(CC(=O)O)c2cc3ccccc3[nH]c2=O)n1O. The van der Waals surface area contributed by atoms with Crippen molar-refractivity contribution in [1.29, 1.82) is 0 Å². The minimum Gasteiger partial charge on any atom is -0.481 e. The molecule has 0 aliphatic heterocycles. The normalized spacial score (nSPS) is 12.4. The third-order valence-corrected chi connectivity index (χ3v) is 4.75. The van der Waals surface area contributed by atoms with Crippen molar-refractivity contribution in [2.24, 2.45) is 7.05 Å². The molecule has 7 nitrogen and oxygen atoms in total. The van der Waals surface area contributed by atoms with Gasteiger partial charge in [-0.25, -0.2) is 4.57 Å². The minimum absolute atomic E-state index is 0.307. The lowest BCUT2D eigenvalue weighted by Crippen LogP contribution is -2.38. The number of pyridine rings is 1. The molecule has 7 heteroatoms. The Hall–Kier alpha value is -3.09. The summed E-state index contributed by atoms with van der Waals surface area (Å²) < 4.78 is 2.69. The number of imidazole rings is 1. The molecule has 2 heterocycles. The van der Waals surface area contributed by atoms with E-state index < -0.39 is 11.9 Å². The maximum Gasteiger partial charge on any atom is 0.304 e. The first kappa shape index (κ1) is 16.8. The summed E-state index contributed by atoms with van der Waals surface area (Å²) in [4.78, 5) is 26.8. The molecule has 1 unspecified atom stereocenters. The number of fused-ring (bicyclic) bond motifs is 1. The van der Waals surface area contributed by atoms with Crippen molar-refractivity contribution in [1.82, 2.24) is 9.71 Å². The third-order valence-electron chi connectivity index (χ3n) is 4.75. The van der Waals surface area contributed by atoms with Crippen molar-refractivity contribution in [2.45, 2.75) is 26.2 Å². The number of rotatable bonds is 4. The van der Waals surface area contributed by atoms with Crippen molar-refractivity contribution in [3.8, 4) is 0 Å². The van der Waals surface area contributed by atoms with Gasteiger partial charge in [0.2, 0.25) is 0 Å². The second kappa shape index (κ2) is 6.08. The highest BCUT2D eigenvalue weighted by Crippen LogP contribution is 2.26. The number of aromatic amines is 1. The number of aliphatic carboxylic acids is 1. The summed E-state index contributed by atoms with van der Waals surface area (Å²) in [6, 6.07) is 8.99. The van der Waals surface area contributed by atoms with Crippen molar-refractivity contribution in [2.75, 3.05) is 0 Å². The molecule has 1 aromatic carbocycles. The van der Waals surface area contributed by atoms with Crippen molar-refractivity contribution < 1.29 is 19.7 Å². The number of H-pyrrole nitrogens is 1. The Bertz CT molecular complexity index is 1010. The predicted octanol–water partition coefficient (Wildman–Crippen LogP) is 1.61. The molecule has 2 aromatic heterocycles. The molecule has 0 saturated carbocycles. The standard InChI is InChI=1S/C18H19N3O4/c1-10-11(2)21(25)18(20(10)3)14(9-16(22)23)13-8-12-6-4-5-7-15(12)19-17(13)24/h4-8,14H,9H2,1-3H3,(H2-,19,22,23,24,25)/p+1. The second-order valence-corrected chi connectivity index (χ2v) is 6.19. The van der Waals surface area contributed by atoms with E-state index >= 15 is 0 Å². The van der Waals surface area contributed by atoms with E-state index in [0.29, 0.717) is 22.6 Å². The average molecular weight is 342 g/mol. The lowest BCUT2D eigenvalue weighted by atomic mass is 9.94. The molecule has 130 valence electrons. The van der Waals surface area contributed by atoms with Crippen LogP contribution in [-0.4, -0.2) is 26.0 Å². The van der Waals surface area contributed by atoms with Gasteiger partial charge in [-0.05, 0) is 22.2 Å². The van der Waals surface area contributed by atoms with Gasteiger partial charge >= 0.3 is 11.8 Å². The number of nitrogens with zero attached hydrogens (tertiary/aromatic N) is 2. The summed E-state index contributed by atoms with van der Waals surface area (Å²) in [6.45, 7) is 3.56. The Balaban J connectivity index is 2.28. The molecule has 0 aliphatic carbocycles. The minimum atomic E-state index is -1.05. The second-order valence-electron chi connectivity index (χ2n) is 6.19.